The molecule has 1 aliphatic heterocycles. The van der Waals surface area contributed by atoms with Crippen molar-refractivity contribution in [1.29, 1.82) is 0 Å². The Morgan fingerprint density at radius 2 is 2.15 bits per heavy atom. The van der Waals surface area contributed by atoms with Crippen molar-refractivity contribution in [2.24, 2.45) is 11.7 Å². The Bertz CT molecular complexity index is 938. The summed E-state index contributed by atoms with van der Waals surface area (Å²) in [7, 11) is 0. The monoisotopic (exact) mass is 372 g/mol. The number of nitrogens with zero attached hydrogens (tertiary/aromatic N) is 2. The van der Waals surface area contributed by atoms with E-state index in [2.05, 4.69) is 15.3 Å². The molecule has 1 fully saturated rings. The molecule has 6 nitrogen and oxygen atoms in total. The number of thiophene rings is 1. The number of amides is 1. The highest BCUT2D eigenvalue weighted by Gasteiger charge is 2.31. The smallest absolute Gasteiger partial charge is 0.240 e. The molecule has 2 aromatic heterocycles. The molecule has 1 aliphatic rings. The lowest BCUT2D eigenvalue weighted by Crippen LogP contribution is -2.42. The summed E-state index contributed by atoms with van der Waals surface area (Å²) in [6.07, 6.45) is 2.22. The predicted octanol–water partition coefficient (Wildman–Crippen LogP) is 2.80. The fraction of sp³-hybridized carbons (Fsp3) is 0.278. The fourth-order valence-electron chi connectivity index (χ4n) is 3.21. The number of ether oxygens (including phenoxy) is 1. The minimum atomic E-state index is -0.573. The molecule has 0 radical (unpaired) electrons. The molecule has 0 bridgehead atoms. The maximum atomic E-state index is 13.3. The molecule has 1 aromatic carbocycles. The Labute approximate surface area is 153 Å². The van der Waals surface area contributed by atoms with Crippen molar-refractivity contribution < 1.29 is 13.9 Å². The second-order valence-electron chi connectivity index (χ2n) is 6.21. The highest BCUT2D eigenvalue weighted by atomic mass is 32.1. The molecule has 0 saturated carbocycles. The number of hydrogen-bond donors (Lipinski definition) is 2. The maximum absolute atomic E-state index is 13.3. The average Bonchev–Trinajstić information content (AvgIpc) is 3.30. The summed E-state index contributed by atoms with van der Waals surface area (Å²) in [5, 5.41) is 5.95. The van der Waals surface area contributed by atoms with E-state index in [4.69, 9.17) is 10.5 Å². The van der Waals surface area contributed by atoms with E-state index in [9.17, 15) is 9.18 Å². The van der Waals surface area contributed by atoms with Crippen LogP contribution in [0.5, 0.6) is 0 Å². The number of carbonyl (C=O) groups excluding carboxylic acids is 1. The molecule has 2 atom stereocenters. The number of nitrogens with two attached hydrogens (primary N) is 1. The van der Waals surface area contributed by atoms with Gasteiger partial charge in [0.1, 0.15) is 28.8 Å². The Kier molecular flexibility index (Phi) is 4.52. The number of benzene rings is 1. The molecule has 0 unspecified atom stereocenters. The van der Waals surface area contributed by atoms with Gasteiger partial charge in [0.05, 0.1) is 12.0 Å². The number of carbonyl (C=O) groups is 1. The molecular weight excluding hydrogens is 355 g/mol. The van der Waals surface area contributed by atoms with E-state index >= 15 is 0 Å². The summed E-state index contributed by atoms with van der Waals surface area (Å²) in [4.78, 5) is 21.4. The van der Waals surface area contributed by atoms with Crippen LogP contribution in [0.25, 0.3) is 21.3 Å². The number of nitrogens with one attached hydrogen (secondary N) is 1. The second kappa shape index (κ2) is 6.97. The minimum absolute atomic E-state index is 0.00502. The Morgan fingerprint density at radius 3 is 2.85 bits per heavy atom. The lowest BCUT2D eigenvalue weighted by atomic mass is 9.98. The van der Waals surface area contributed by atoms with Crippen LogP contribution >= 0.6 is 11.3 Å². The van der Waals surface area contributed by atoms with Gasteiger partial charge in [-0.25, -0.2) is 14.4 Å². The van der Waals surface area contributed by atoms with Crippen LogP contribution in [0.3, 0.4) is 0 Å². The molecule has 3 N–H and O–H groups in total. The van der Waals surface area contributed by atoms with Gasteiger partial charge in [-0.1, -0.05) is 12.1 Å². The quantitative estimate of drug-likeness (QED) is 0.719. The Balaban J connectivity index is 1.76. The van der Waals surface area contributed by atoms with E-state index in [-0.39, 0.29) is 11.7 Å². The first kappa shape index (κ1) is 16.9. The molecule has 1 amide bonds. The van der Waals surface area contributed by atoms with E-state index in [1.807, 2.05) is 5.38 Å². The van der Waals surface area contributed by atoms with Crippen LogP contribution in [0.1, 0.15) is 6.42 Å². The molecule has 3 heterocycles. The topological polar surface area (TPSA) is 90.1 Å². The van der Waals surface area contributed by atoms with Crippen molar-refractivity contribution in [2.75, 3.05) is 18.5 Å². The second-order valence-corrected chi connectivity index (χ2v) is 7.06. The first-order valence-electron chi connectivity index (χ1n) is 8.25. The van der Waals surface area contributed by atoms with Gasteiger partial charge in [0.25, 0.3) is 0 Å². The largest absolute Gasteiger partial charge is 0.381 e. The zero-order chi connectivity index (χ0) is 18.1. The van der Waals surface area contributed by atoms with E-state index < -0.39 is 11.9 Å². The SMILES string of the molecule is NC(=O)[C@@H](Nc1ncnc2scc(-c3ccc(F)cc3)c12)[C@H]1CCOC1. The van der Waals surface area contributed by atoms with Gasteiger partial charge in [0.15, 0.2) is 0 Å². The summed E-state index contributed by atoms with van der Waals surface area (Å²) in [6.45, 7) is 1.11. The van der Waals surface area contributed by atoms with Gasteiger partial charge in [-0.3, -0.25) is 4.79 Å². The van der Waals surface area contributed by atoms with Crippen molar-refractivity contribution in [3.63, 3.8) is 0 Å². The molecule has 1 saturated heterocycles. The number of aromatic nitrogens is 2. The summed E-state index contributed by atoms with van der Waals surface area (Å²) in [5.74, 6) is -0.180. The number of halogens is 1. The van der Waals surface area contributed by atoms with Crippen LogP contribution in [-0.2, 0) is 9.53 Å². The number of anilines is 1. The van der Waals surface area contributed by atoms with E-state index in [0.717, 1.165) is 27.8 Å². The zero-order valence-electron chi connectivity index (χ0n) is 13.8. The molecule has 8 heteroatoms. The van der Waals surface area contributed by atoms with E-state index in [0.29, 0.717) is 19.0 Å². The van der Waals surface area contributed by atoms with Gasteiger partial charge >= 0.3 is 0 Å². The standard InChI is InChI=1S/C18H17FN4O2S/c19-12-3-1-10(2-4-12)13-8-26-18-14(13)17(21-9-22-18)23-15(16(20)24)11-5-6-25-7-11/h1-4,8-9,11,15H,5-7H2,(H2,20,24)(H,21,22,23)/t11-,15-/m0/s1. The number of fused-ring (bicyclic) bond motifs is 1. The van der Waals surface area contributed by atoms with Crippen LogP contribution in [0.2, 0.25) is 0 Å². The minimum Gasteiger partial charge on any atom is -0.381 e. The van der Waals surface area contributed by atoms with Gasteiger partial charge in [-0.05, 0) is 24.1 Å². The third kappa shape index (κ3) is 3.13. The molecule has 3 aromatic rings. The van der Waals surface area contributed by atoms with E-state index in [1.54, 1.807) is 12.1 Å². The van der Waals surface area contributed by atoms with Crippen LogP contribution in [0.4, 0.5) is 10.2 Å². The molecule has 4 rings (SSSR count). The van der Waals surface area contributed by atoms with Gasteiger partial charge in [-0.2, -0.15) is 0 Å². The number of rotatable bonds is 5. The van der Waals surface area contributed by atoms with Gasteiger partial charge in [0.2, 0.25) is 5.91 Å². The highest BCUT2D eigenvalue weighted by Crippen LogP contribution is 2.37. The van der Waals surface area contributed by atoms with Gasteiger partial charge < -0.3 is 15.8 Å². The molecule has 0 aliphatic carbocycles. The van der Waals surface area contributed by atoms with E-state index in [1.165, 1.54) is 29.8 Å². The summed E-state index contributed by atoms with van der Waals surface area (Å²) in [5.41, 5.74) is 7.35. The van der Waals surface area contributed by atoms with Crippen LogP contribution < -0.4 is 11.1 Å². The average molecular weight is 372 g/mol. The Morgan fingerprint density at radius 1 is 1.35 bits per heavy atom. The summed E-state index contributed by atoms with van der Waals surface area (Å²) >= 11 is 1.47. The molecule has 134 valence electrons. The zero-order valence-corrected chi connectivity index (χ0v) is 14.6. The van der Waals surface area contributed by atoms with Crippen molar-refractivity contribution in [3.05, 3.63) is 41.8 Å². The van der Waals surface area contributed by atoms with Crippen LogP contribution in [0.15, 0.2) is 36.0 Å². The van der Waals surface area contributed by atoms with Crippen molar-refractivity contribution in [2.45, 2.75) is 12.5 Å². The fourth-order valence-corrected chi connectivity index (χ4v) is 4.13. The molecular formula is C18H17FN4O2S. The lowest BCUT2D eigenvalue weighted by Gasteiger charge is -2.21. The first-order chi connectivity index (χ1) is 12.6. The predicted molar refractivity (Wildman–Crippen MR) is 98.3 cm³/mol. The summed E-state index contributed by atoms with van der Waals surface area (Å²) < 4.78 is 18.6. The lowest BCUT2D eigenvalue weighted by molar-refractivity contribution is -0.119. The van der Waals surface area contributed by atoms with Crippen LogP contribution in [0, 0.1) is 11.7 Å². The molecule has 26 heavy (non-hydrogen) atoms. The normalized spacial score (nSPS) is 18.1. The van der Waals surface area contributed by atoms with Crippen LogP contribution in [-0.4, -0.2) is 35.1 Å². The third-order valence-corrected chi connectivity index (χ3v) is 5.45. The van der Waals surface area contributed by atoms with Gasteiger partial charge in [0, 0.05) is 23.5 Å². The van der Waals surface area contributed by atoms with Gasteiger partial charge in [-0.15, -0.1) is 11.3 Å². The molecule has 0 spiro atoms. The summed E-state index contributed by atoms with van der Waals surface area (Å²) in [6, 6.07) is 5.68. The highest BCUT2D eigenvalue weighted by molar-refractivity contribution is 7.17. The van der Waals surface area contributed by atoms with Crippen molar-refractivity contribution in [3.8, 4) is 11.1 Å². The number of primary amides is 1. The first-order valence-corrected chi connectivity index (χ1v) is 9.13. The number of hydrogen-bond acceptors (Lipinski definition) is 6. The Hall–Kier alpha value is -2.58. The third-order valence-electron chi connectivity index (χ3n) is 4.56. The van der Waals surface area contributed by atoms with Crippen molar-refractivity contribution >= 4 is 33.3 Å². The van der Waals surface area contributed by atoms with Crippen molar-refractivity contribution in [1.82, 2.24) is 9.97 Å². The maximum Gasteiger partial charge on any atom is 0.240 e.